The molecule has 0 fully saturated rings. The molecule has 3 aromatic rings. The van der Waals surface area contributed by atoms with Gasteiger partial charge < -0.3 is 15.8 Å². The molecule has 25 heavy (non-hydrogen) atoms. The SMILES string of the molecule is CCOC(=O)c1c(Nc2ccc(Cl)cc2)nn(-c2ccccc2)c1N. The lowest BCUT2D eigenvalue weighted by Crippen LogP contribution is -2.10. The summed E-state index contributed by atoms with van der Waals surface area (Å²) in [5, 5.41) is 8.16. The summed E-state index contributed by atoms with van der Waals surface area (Å²) in [5.41, 5.74) is 7.85. The number of carbonyl (C=O) groups excluding carboxylic acids is 1. The Morgan fingerprint density at radius 3 is 2.52 bits per heavy atom. The Labute approximate surface area is 150 Å². The van der Waals surface area contributed by atoms with Gasteiger partial charge in [-0.15, -0.1) is 5.10 Å². The number of hydrogen-bond donors (Lipinski definition) is 2. The van der Waals surface area contributed by atoms with Gasteiger partial charge in [0.2, 0.25) is 0 Å². The van der Waals surface area contributed by atoms with E-state index >= 15 is 0 Å². The van der Waals surface area contributed by atoms with E-state index < -0.39 is 5.97 Å². The molecule has 0 aliphatic heterocycles. The molecule has 0 atom stereocenters. The second kappa shape index (κ2) is 7.27. The molecule has 3 rings (SSSR count). The largest absolute Gasteiger partial charge is 0.462 e. The highest BCUT2D eigenvalue weighted by molar-refractivity contribution is 6.30. The van der Waals surface area contributed by atoms with Crippen molar-refractivity contribution in [3.05, 3.63) is 65.2 Å². The zero-order valence-corrected chi connectivity index (χ0v) is 14.3. The summed E-state index contributed by atoms with van der Waals surface area (Å²) in [7, 11) is 0. The number of nitrogens with zero attached hydrogens (tertiary/aromatic N) is 2. The van der Waals surface area contributed by atoms with Crippen molar-refractivity contribution in [1.29, 1.82) is 0 Å². The van der Waals surface area contributed by atoms with Crippen LogP contribution in [0.4, 0.5) is 17.3 Å². The first-order valence-electron chi connectivity index (χ1n) is 7.73. The third-order valence-electron chi connectivity index (χ3n) is 3.51. The van der Waals surface area contributed by atoms with E-state index in [0.717, 1.165) is 11.4 Å². The Morgan fingerprint density at radius 1 is 1.20 bits per heavy atom. The number of ether oxygens (including phenoxy) is 1. The van der Waals surface area contributed by atoms with Crippen molar-refractivity contribution in [2.45, 2.75) is 6.92 Å². The minimum Gasteiger partial charge on any atom is -0.462 e. The molecular formula is C18H17ClN4O2. The lowest BCUT2D eigenvalue weighted by Gasteiger charge is -2.06. The summed E-state index contributed by atoms with van der Waals surface area (Å²) >= 11 is 5.91. The average molecular weight is 357 g/mol. The maximum absolute atomic E-state index is 12.4. The highest BCUT2D eigenvalue weighted by Crippen LogP contribution is 2.28. The lowest BCUT2D eigenvalue weighted by molar-refractivity contribution is 0.0529. The Bertz CT molecular complexity index is 876. The van der Waals surface area contributed by atoms with Gasteiger partial charge in [-0.05, 0) is 43.3 Å². The number of nitrogens with two attached hydrogens (primary N) is 1. The number of anilines is 3. The molecular weight excluding hydrogens is 340 g/mol. The second-order valence-electron chi connectivity index (χ2n) is 5.21. The fourth-order valence-electron chi connectivity index (χ4n) is 2.36. The fraction of sp³-hybridized carbons (Fsp3) is 0.111. The summed E-state index contributed by atoms with van der Waals surface area (Å²) in [6, 6.07) is 16.4. The first-order chi connectivity index (χ1) is 12.1. The molecule has 0 saturated carbocycles. The van der Waals surface area contributed by atoms with Crippen molar-refractivity contribution in [2.24, 2.45) is 0 Å². The van der Waals surface area contributed by atoms with Crippen LogP contribution >= 0.6 is 11.6 Å². The van der Waals surface area contributed by atoms with E-state index in [1.54, 1.807) is 31.2 Å². The number of benzene rings is 2. The molecule has 7 heteroatoms. The van der Waals surface area contributed by atoms with E-state index in [1.165, 1.54) is 4.68 Å². The molecule has 0 aliphatic rings. The van der Waals surface area contributed by atoms with Gasteiger partial charge in [-0.1, -0.05) is 29.8 Å². The van der Waals surface area contributed by atoms with Gasteiger partial charge in [-0.25, -0.2) is 9.48 Å². The van der Waals surface area contributed by atoms with Crippen LogP contribution in [-0.2, 0) is 4.74 Å². The van der Waals surface area contributed by atoms with Crippen molar-refractivity contribution in [1.82, 2.24) is 9.78 Å². The van der Waals surface area contributed by atoms with Gasteiger partial charge in [0.1, 0.15) is 11.4 Å². The average Bonchev–Trinajstić information content (AvgIpc) is 2.94. The maximum Gasteiger partial charge on any atom is 0.345 e. The van der Waals surface area contributed by atoms with E-state index in [0.29, 0.717) is 10.8 Å². The molecule has 0 spiro atoms. The normalized spacial score (nSPS) is 10.5. The van der Waals surface area contributed by atoms with Crippen molar-refractivity contribution < 1.29 is 9.53 Å². The van der Waals surface area contributed by atoms with Gasteiger partial charge in [0.25, 0.3) is 0 Å². The van der Waals surface area contributed by atoms with E-state index in [2.05, 4.69) is 10.4 Å². The summed E-state index contributed by atoms with van der Waals surface area (Å²) in [6.07, 6.45) is 0. The molecule has 1 heterocycles. The molecule has 128 valence electrons. The van der Waals surface area contributed by atoms with Gasteiger partial charge in [-0.2, -0.15) is 0 Å². The highest BCUT2D eigenvalue weighted by Gasteiger charge is 2.24. The second-order valence-corrected chi connectivity index (χ2v) is 5.64. The number of nitrogens with one attached hydrogen (secondary N) is 1. The van der Waals surface area contributed by atoms with E-state index in [-0.39, 0.29) is 18.0 Å². The number of para-hydroxylation sites is 1. The molecule has 1 aromatic heterocycles. The first-order valence-corrected chi connectivity index (χ1v) is 8.11. The van der Waals surface area contributed by atoms with Crippen molar-refractivity contribution >= 4 is 34.9 Å². The standard InChI is InChI=1S/C18H17ClN4O2/c1-2-25-18(24)15-16(20)23(14-6-4-3-5-7-14)22-17(15)21-13-10-8-12(19)9-11-13/h3-11H,2,20H2,1H3,(H,21,22). The van der Waals surface area contributed by atoms with Gasteiger partial charge in [0.15, 0.2) is 5.82 Å². The van der Waals surface area contributed by atoms with Gasteiger partial charge >= 0.3 is 5.97 Å². The maximum atomic E-state index is 12.4. The third kappa shape index (κ3) is 3.59. The van der Waals surface area contributed by atoms with Crippen LogP contribution in [0.1, 0.15) is 17.3 Å². The molecule has 0 bridgehead atoms. The van der Waals surface area contributed by atoms with Crippen LogP contribution in [0.25, 0.3) is 5.69 Å². The van der Waals surface area contributed by atoms with Crippen LogP contribution in [-0.4, -0.2) is 22.4 Å². The van der Waals surface area contributed by atoms with Crippen LogP contribution < -0.4 is 11.1 Å². The van der Waals surface area contributed by atoms with Gasteiger partial charge in [0.05, 0.1) is 12.3 Å². The number of aromatic nitrogens is 2. The Kier molecular flexibility index (Phi) is 4.90. The van der Waals surface area contributed by atoms with Crippen LogP contribution in [0.5, 0.6) is 0 Å². The number of halogens is 1. The van der Waals surface area contributed by atoms with Gasteiger partial charge in [-0.3, -0.25) is 0 Å². The molecule has 2 aromatic carbocycles. The quantitative estimate of drug-likeness (QED) is 0.674. The summed E-state index contributed by atoms with van der Waals surface area (Å²) in [4.78, 5) is 12.4. The molecule has 0 radical (unpaired) electrons. The Hall–Kier alpha value is -2.99. The smallest absolute Gasteiger partial charge is 0.345 e. The number of hydrogen-bond acceptors (Lipinski definition) is 5. The minimum atomic E-state index is -0.529. The minimum absolute atomic E-state index is 0.195. The lowest BCUT2D eigenvalue weighted by atomic mass is 10.2. The fourth-order valence-corrected chi connectivity index (χ4v) is 2.49. The molecule has 3 N–H and O–H groups in total. The first kappa shape index (κ1) is 16.9. The number of rotatable bonds is 5. The third-order valence-corrected chi connectivity index (χ3v) is 3.76. The summed E-state index contributed by atoms with van der Waals surface area (Å²) < 4.78 is 6.63. The topological polar surface area (TPSA) is 82.2 Å². The van der Waals surface area contributed by atoms with E-state index in [9.17, 15) is 4.79 Å². The zero-order chi connectivity index (χ0) is 17.8. The Morgan fingerprint density at radius 2 is 1.88 bits per heavy atom. The van der Waals surface area contributed by atoms with Crippen LogP contribution in [0.2, 0.25) is 5.02 Å². The monoisotopic (exact) mass is 356 g/mol. The molecule has 0 unspecified atom stereocenters. The van der Waals surface area contributed by atoms with Crippen molar-refractivity contribution in [2.75, 3.05) is 17.7 Å². The number of carbonyl (C=O) groups is 1. The van der Waals surface area contributed by atoms with Crippen LogP contribution in [0.15, 0.2) is 54.6 Å². The Balaban J connectivity index is 2.05. The molecule has 6 nitrogen and oxygen atoms in total. The van der Waals surface area contributed by atoms with E-state index in [4.69, 9.17) is 22.1 Å². The number of esters is 1. The predicted molar refractivity (Wildman–Crippen MR) is 98.7 cm³/mol. The zero-order valence-electron chi connectivity index (χ0n) is 13.6. The predicted octanol–water partition coefficient (Wildman–Crippen LogP) is 4.03. The summed E-state index contributed by atoms with van der Waals surface area (Å²) in [5.74, 6) is 0.00174. The van der Waals surface area contributed by atoms with Gasteiger partial charge in [0, 0.05) is 10.7 Å². The molecule has 0 aliphatic carbocycles. The highest BCUT2D eigenvalue weighted by atomic mass is 35.5. The molecule has 0 saturated heterocycles. The van der Waals surface area contributed by atoms with Crippen molar-refractivity contribution in [3.63, 3.8) is 0 Å². The van der Waals surface area contributed by atoms with E-state index in [1.807, 2.05) is 30.3 Å². The molecule has 0 amide bonds. The van der Waals surface area contributed by atoms with Crippen LogP contribution in [0.3, 0.4) is 0 Å². The van der Waals surface area contributed by atoms with Crippen LogP contribution in [0, 0.1) is 0 Å². The number of nitrogen functional groups attached to an aromatic ring is 1. The summed E-state index contributed by atoms with van der Waals surface area (Å²) in [6.45, 7) is 1.98. The van der Waals surface area contributed by atoms with Crippen molar-refractivity contribution in [3.8, 4) is 5.69 Å².